The molecule has 0 aliphatic carbocycles. The molecule has 0 saturated carbocycles. The van der Waals surface area contributed by atoms with E-state index in [9.17, 15) is 0 Å². The van der Waals surface area contributed by atoms with E-state index in [1.54, 1.807) is 7.11 Å². The summed E-state index contributed by atoms with van der Waals surface area (Å²) in [5.74, 6) is 1.43. The fourth-order valence-electron chi connectivity index (χ4n) is 1.19. The second kappa shape index (κ2) is 5.60. The van der Waals surface area contributed by atoms with E-state index < -0.39 is 0 Å². The highest BCUT2D eigenvalue weighted by Crippen LogP contribution is 2.05. The maximum Gasteiger partial charge on any atom is 0.125 e. The Balaban J connectivity index is 2.34. The summed E-state index contributed by atoms with van der Waals surface area (Å²) in [4.78, 5) is 4.26. The lowest BCUT2D eigenvalue weighted by molar-refractivity contribution is 0.164. The van der Waals surface area contributed by atoms with Crippen molar-refractivity contribution in [1.29, 1.82) is 0 Å². The van der Waals surface area contributed by atoms with Gasteiger partial charge >= 0.3 is 0 Å². The first kappa shape index (κ1) is 11.0. The molecule has 14 heavy (non-hydrogen) atoms. The second-order valence-electron chi connectivity index (χ2n) is 3.66. The van der Waals surface area contributed by atoms with Crippen LogP contribution in [0.3, 0.4) is 0 Å². The molecule has 1 rings (SSSR count). The Hall–Kier alpha value is -1.09. The number of methoxy groups -OCH3 is 1. The van der Waals surface area contributed by atoms with Crippen molar-refractivity contribution in [3.8, 4) is 0 Å². The molecule has 0 aromatic carbocycles. The van der Waals surface area contributed by atoms with E-state index in [4.69, 9.17) is 4.74 Å². The van der Waals surface area contributed by atoms with Crippen molar-refractivity contribution in [2.24, 2.45) is 5.92 Å². The third-order valence-electron chi connectivity index (χ3n) is 1.99. The molecule has 0 amide bonds. The van der Waals surface area contributed by atoms with Crippen LogP contribution in [0.25, 0.3) is 0 Å². The Labute approximate surface area is 85.5 Å². The molecule has 1 aromatic rings. The van der Waals surface area contributed by atoms with Gasteiger partial charge in [-0.25, -0.2) is 4.98 Å². The summed E-state index contributed by atoms with van der Waals surface area (Å²) in [5.41, 5.74) is 1.18. The molecule has 1 aromatic heterocycles. The molecule has 1 N–H and O–H groups in total. The highest BCUT2D eigenvalue weighted by molar-refractivity contribution is 5.35. The van der Waals surface area contributed by atoms with Gasteiger partial charge in [-0.3, -0.25) is 0 Å². The fraction of sp³-hybridized carbons (Fsp3) is 0.545. The van der Waals surface area contributed by atoms with Gasteiger partial charge in [-0.2, -0.15) is 0 Å². The van der Waals surface area contributed by atoms with Crippen molar-refractivity contribution in [2.75, 3.05) is 25.6 Å². The number of nitrogens with zero attached hydrogens (tertiary/aromatic N) is 1. The Bertz CT molecular complexity index is 258. The highest BCUT2D eigenvalue weighted by Gasteiger charge is 2.00. The smallest absolute Gasteiger partial charge is 0.125 e. The van der Waals surface area contributed by atoms with Gasteiger partial charge in [0.1, 0.15) is 5.82 Å². The molecule has 78 valence electrons. The minimum atomic E-state index is 0.503. The largest absolute Gasteiger partial charge is 0.384 e. The number of anilines is 1. The van der Waals surface area contributed by atoms with Crippen LogP contribution in [0.5, 0.6) is 0 Å². The topological polar surface area (TPSA) is 34.1 Å². The molecule has 1 heterocycles. The number of hydrogen-bond donors (Lipinski definition) is 1. The maximum atomic E-state index is 5.05. The van der Waals surface area contributed by atoms with Gasteiger partial charge in [0.15, 0.2) is 0 Å². The van der Waals surface area contributed by atoms with Gasteiger partial charge < -0.3 is 10.1 Å². The summed E-state index contributed by atoms with van der Waals surface area (Å²) in [5, 5.41) is 3.27. The Morgan fingerprint density at radius 2 is 2.29 bits per heavy atom. The zero-order valence-corrected chi connectivity index (χ0v) is 9.08. The predicted octanol–water partition coefficient (Wildman–Crippen LogP) is 2.08. The zero-order valence-electron chi connectivity index (χ0n) is 9.08. The average molecular weight is 194 g/mol. The lowest BCUT2D eigenvalue weighted by Crippen LogP contribution is -2.16. The van der Waals surface area contributed by atoms with Crippen molar-refractivity contribution in [1.82, 2.24) is 4.98 Å². The fourth-order valence-corrected chi connectivity index (χ4v) is 1.19. The van der Waals surface area contributed by atoms with E-state index in [2.05, 4.69) is 23.3 Å². The number of ether oxygens (including phenoxy) is 1. The molecule has 3 nitrogen and oxygen atoms in total. The molecule has 0 aliphatic heterocycles. The van der Waals surface area contributed by atoms with Crippen molar-refractivity contribution in [3.05, 3.63) is 23.9 Å². The third-order valence-corrected chi connectivity index (χ3v) is 1.99. The summed E-state index contributed by atoms with van der Waals surface area (Å²) in [6.07, 6.45) is 1.86. The molecule has 0 radical (unpaired) electrons. The van der Waals surface area contributed by atoms with Crippen LogP contribution in [0.4, 0.5) is 5.82 Å². The SMILES string of the molecule is COCC(C)CNc1ccc(C)cn1. The lowest BCUT2D eigenvalue weighted by atomic mass is 10.2. The number of nitrogens with one attached hydrogen (secondary N) is 1. The minimum absolute atomic E-state index is 0.503. The molecule has 1 atom stereocenters. The van der Waals surface area contributed by atoms with Gasteiger partial charge in [0, 0.05) is 19.9 Å². The van der Waals surface area contributed by atoms with E-state index in [1.807, 2.05) is 19.2 Å². The average Bonchev–Trinajstić information content (AvgIpc) is 2.17. The van der Waals surface area contributed by atoms with Crippen LogP contribution in [0.2, 0.25) is 0 Å². The first-order chi connectivity index (χ1) is 6.72. The molecule has 0 saturated heterocycles. The van der Waals surface area contributed by atoms with Gasteiger partial charge in [0.05, 0.1) is 6.61 Å². The van der Waals surface area contributed by atoms with Crippen LogP contribution in [0, 0.1) is 12.8 Å². The number of pyridine rings is 1. The monoisotopic (exact) mass is 194 g/mol. The number of rotatable bonds is 5. The second-order valence-corrected chi connectivity index (χ2v) is 3.66. The summed E-state index contributed by atoms with van der Waals surface area (Å²) in [6.45, 7) is 5.85. The van der Waals surface area contributed by atoms with Crippen LogP contribution >= 0.6 is 0 Å². The molecular formula is C11H18N2O. The molecule has 0 spiro atoms. The standard InChI is InChI=1S/C11H18N2O/c1-9-4-5-11(12-6-9)13-7-10(2)8-14-3/h4-6,10H,7-8H2,1-3H3,(H,12,13). The van der Waals surface area contributed by atoms with Crippen molar-refractivity contribution in [2.45, 2.75) is 13.8 Å². The van der Waals surface area contributed by atoms with Gasteiger partial charge in [-0.05, 0) is 24.5 Å². The first-order valence-electron chi connectivity index (χ1n) is 4.88. The van der Waals surface area contributed by atoms with Crippen molar-refractivity contribution >= 4 is 5.82 Å². The molecular weight excluding hydrogens is 176 g/mol. The molecule has 3 heteroatoms. The Morgan fingerprint density at radius 3 is 2.86 bits per heavy atom. The third kappa shape index (κ3) is 3.75. The Kier molecular flexibility index (Phi) is 4.40. The van der Waals surface area contributed by atoms with Crippen molar-refractivity contribution in [3.63, 3.8) is 0 Å². The Morgan fingerprint density at radius 1 is 1.50 bits per heavy atom. The number of aryl methyl sites for hydroxylation is 1. The normalized spacial score (nSPS) is 12.5. The quantitative estimate of drug-likeness (QED) is 0.779. The van der Waals surface area contributed by atoms with E-state index in [0.29, 0.717) is 5.92 Å². The van der Waals surface area contributed by atoms with Crippen LogP contribution < -0.4 is 5.32 Å². The minimum Gasteiger partial charge on any atom is -0.384 e. The van der Waals surface area contributed by atoms with Gasteiger partial charge in [0.25, 0.3) is 0 Å². The van der Waals surface area contributed by atoms with E-state index in [0.717, 1.165) is 19.0 Å². The van der Waals surface area contributed by atoms with E-state index in [1.165, 1.54) is 5.56 Å². The molecule has 0 fully saturated rings. The van der Waals surface area contributed by atoms with Crippen LogP contribution in [-0.2, 0) is 4.74 Å². The molecule has 0 bridgehead atoms. The van der Waals surface area contributed by atoms with Crippen LogP contribution in [-0.4, -0.2) is 25.2 Å². The number of aromatic nitrogens is 1. The van der Waals surface area contributed by atoms with Gasteiger partial charge in [-0.1, -0.05) is 13.0 Å². The van der Waals surface area contributed by atoms with Crippen molar-refractivity contribution < 1.29 is 4.74 Å². The van der Waals surface area contributed by atoms with Gasteiger partial charge in [0.2, 0.25) is 0 Å². The summed E-state index contributed by atoms with van der Waals surface area (Å²) in [7, 11) is 1.72. The van der Waals surface area contributed by atoms with Crippen LogP contribution in [0.15, 0.2) is 18.3 Å². The highest BCUT2D eigenvalue weighted by atomic mass is 16.5. The summed E-state index contributed by atoms with van der Waals surface area (Å²) < 4.78 is 5.05. The lowest BCUT2D eigenvalue weighted by Gasteiger charge is -2.11. The maximum absolute atomic E-state index is 5.05. The van der Waals surface area contributed by atoms with Crippen LogP contribution in [0.1, 0.15) is 12.5 Å². The van der Waals surface area contributed by atoms with E-state index >= 15 is 0 Å². The predicted molar refractivity (Wildman–Crippen MR) is 58.5 cm³/mol. The number of hydrogen-bond acceptors (Lipinski definition) is 3. The van der Waals surface area contributed by atoms with Gasteiger partial charge in [-0.15, -0.1) is 0 Å². The molecule has 1 unspecified atom stereocenters. The molecule has 0 aliphatic rings. The van der Waals surface area contributed by atoms with E-state index in [-0.39, 0.29) is 0 Å². The summed E-state index contributed by atoms with van der Waals surface area (Å²) >= 11 is 0. The first-order valence-corrected chi connectivity index (χ1v) is 4.88. The zero-order chi connectivity index (χ0) is 10.4. The summed E-state index contributed by atoms with van der Waals surface area (Å²) in [6, 6.07) is 4.05.